The Bertz CT molecular complexity index is 993. The molecular formula is C21H29N5O3S. The van der Waals surface area contributed by atoms with Crippen LogP contribution in [0.5, 0.6) is 0 Å². The predicted octanol–water partition coefficient (Wildman–Crippen LogP) is 2.00. The zero-order valence-electron chi connectivity index (χ0n) is 17.9. The van der Waals surface area contributed by atoms with Gasteiger partial charge in [-0.25, -0.2) is 22.7 Å². The third-order valence-electron chi connectivity index (χ3n) is 4.99. The minimum absolute atomic E-state index is 0.0230. The summed E-state index contributed by atoms with van der Waals surface area (Å²) in [5, 5.41) is 2.88. The lowest BCUT2D eigenvalue weighted by atomic mass is 9.99. The molecule has 1 saturated heterocycles. The maximum absolute atomic E-state index is 12.9. The summed E-state index contributed by atoms with van der Waals surface area (Å²) in [4.78, 5) is 23.4. The normalized spacial score (nSPS) is 17.3. The highest BCUT2D eigenvalue weighted by Gasteiger charge is 2.35. The lowest BCUT2D eigenvalue weighted by molar-refractivity contribution is 0.0941. The molecule has 1 fully saturated rings. The van der Waals surface area contributed by atoms with Crippen LogP contribution >= 0.6 is 0 Å². The van der Waals surface area contributed by atoms with Gasteiger partial charge in [-0.05, 0) is 25.8 Å². The monoisotopic (exact) mass is 431 g/mol. The van der Waals surface area contributed by atoms with Gasteiger partial charge in [0.05, 0.1) is 17.0 Å². The summed E-state index contributed by atoms with van der Waals surface area (Å²) in [7, 11) is 0.210. The van der Waals surface area contributed by atoms with Gasteiger partial charge in [0.15, 0.2) is 0 Å². The van der Waals surface area contributed by atoms with E-state index in [1.54, 1.807) is 4.90 Å². The first-order valence-corrected chi connectivity index (χ1v) is 11.6. The second kappa shape index (κ2) is 9.09. The Morgan fingerprint density at radius 2 is 1.97 bits per heavy atom. The van der Waals surface area contributed by atoms with Gasteiger partial charge in [0.1, 0.15) is 0 Å². The zero-order chi connectivity index (χ0) is 21.9. The molecule has 1 aromatic heterocycles. The largest absolute Gasteiger partial charge is 0.350 e. The van der Waals surface area contributed by atoms with Crippen molar-refractivity contribution in [2.45, 2.75) is 38.0 Å². The number of hydrogen-bond donors (Lipinski definition) is 1. The second-order valence-corrected chi connectivity index (χ2v) is 10.0. The summed E-state index contributed by atoms with van der Waals surface area (Å²) >= 11 is 0. The second-order valence-electron chi connectivity index (χ2n) is 8.08. The standard InChI is InChI=1S/C21H29N5O3S/c1-15(2)23-20(27)18-12-22-21(25(3)4)24-19(18)17-10-11-26(13-17)30(28,29)14-16-8-6-5-7-9-16/h5-9,12,15,17H,10-11,13-14H2,1-4H3,(H,23,27). The molecule has 1 unspecified atom stereocenters. The number of sulfonamides is 1. The van der Waals surface area contributed by atoms with Gasteiger partial charge in [0.2, 0.25) is 16.0 Å². The van der Waals surface area contributed by atoms with E-state index in [9.17, 15) is 13.2 Å². The highest BCUT2D eigenvalue weighted by Crippen LogP contribution is 2.31. The number of anilines is 1. The number of aromatic nitrogens is 2. The van der Waals surface area contributed by atoms with E-state index in [0.717, 1.165) is 5.56 Å². The van der Waals surface area contributed by atoms with E-state index >= 15 is 0 Å². The van der Waals surface area contributed by atoms with Crippen LogP contribution in [0.4, 0.5) is 5.95 Å². The molecule has 9 heteroatoms. The molecule has 1 aromatic carbocycles. The first-order chi connectivity index (χ1) is 14.2. The average Bonchev–Trinajstić information content (AvgIpc) is 3.18. The molecule has 2 aromatic rings. The van der Waals surface area contributed by atoms with E-state index in [2.05, 4.69) is 15.3 Å². The van der Waals surface area contributed by atoms with E-state index in [1.807, 2.05) is 58.3 Å². The molecule has 0 radical (unpaired) electrons. The molecule has 162 valence electrons. The van der Waals surface area contributed by atoms with Gasteiger partial charge in [-0.15, -0.1) is 0 Å². The Morgan fingerprint density at radius 1 is 1.27 bits per heavy atom. The molecule has 0 bridgehead atoms. The number of nitrogens with one attached hydrogen (secondary N) is 1. The fraction of sp³-hybridized carbons (Fsp3) is 0.476. The summed E-state index contributed by atoms with van der Waals surface area (Å²) in [5.41, 5.74) is 1.76. The summed E-state index contributed by atoms with van der Waals surface area (Å²) in [6, 6.07) is 9.14. The Morgan fingerprint density at radius 3 is 2.60 bits per heavy atom. The van der Waals surface area contributed by atoms with Crippen LogP contribution in [0.25, 0.3) is 0 Å². The third-order valence-corrected chi connectivity index (χ3v) is 6.81. The number of carbonyl (C=O) groups excluding carboxylic acids is 1. The summed E-state index contributed by atoms with van der Waals surface area (Å²) in [5.74, 6) is 0.0614. The Balaban J connectivity index is 1.85. The molecule has 0 saturated carbocycles. The van der Waals surface area contributed by atoms with E-state index < -0.39 is 10.0 Å². The third kappa shape index (κ3) is 5.14. The summed E-state index contributed by atoms with van der Waals surface area (Å²) < 4.78 is 27.4. The average molecular weight is 432 g/mol. The molecule has 2 heterocycles. The Hall–Kier alpha value is -2.52. The first-order valence-electron chi connectivity index (χ1n) is 10.0. The van der Waals surface area contributed by atoms with Gasteiger partial charge in [-0.1, -0.05) is 30.3 Å². The van der Waals surface area contributed by atoms with Crippen LogP contribution in [0.2, 0.25) is 0 Å². The van der Waals surface area contributed by atoms with Crippen molar-refractivity contribution in [2.24, 2.45) is 0 Å². The van der Waals surface area contributed by atoms with Crippen molar-refractivity contribution in [2.75, 3.05) is 32.1 Å². The van der Waals surface area contributed by atoms with Gasteiger partial charge in [0, 0.05) is 45.3 Å². The van der Waals surface area contributed by atoms with Crippen LogP contribution in [0, 0.1) is 0 Å². The van der Waals surface area contributed by atoms with Crippen molar-refractivity contribution in [3.05, 3.63) is 53.3 Å². The molecule has 1 N–H and O–H groups in total. The molecule has 1 amide bonds. The lowest BCUT2D eigenvalue weighted by Crippen LogP contribution is -2.33. The molecule has 0 aliphatic carbocycles. The van der Waals surface area contributed by atoms with Crippen molar-refractivity contribution < 1.29 is 13.2 Å². The molecule has 0 spiro atoms. The van der Waals surface area contributed by atoms with E-state index in [-0.39, 0.29) is 23.6 Å². The van der Waals surface area contributed by atoms with Gasteiger partial charge in [0.25, 0.3) is 5.91 Å². The van der Waals surface area contributed by atoms with Gasteiger partial charge in [-0.2, -0.15) is 0 Å². The van der Waals surface area contributed by atoms with Crippen molar-refractivity contribution in [3.8, 4) is 0 Å². The van der Waals surface area contributed by atoms with Gasteiger partial charge in [-0.3, -0.25) is 4.79 Å². The van der Waals surface area contributed by atoms with Crippen LogP contribution in [-0.4, -0.2) is 61.8 Å². The maximum atomic E-state index is 12.9. The molecule has 1 aliphatic heterocycles. The van der Waals surface area contributed by atoms with E-state index in [4.69, 9.17) is 0 Å². The fourth-order valence-electron chi connectivity index (χ4n) is 3.51. The van der Waals surface area contributed by atoms with Crippen molar-refractivity contribution in [1.82, 2.24) is 19.6 Å². The SMILES string of the molecule is CC(C)NC(=O)c1cnc(N(C)C)nc1C1CCN(S(=O)(=O)Cc2ccccc2)C1. The number of rotatable bonds is 7. The Labute approximate surface area is 178 Å². The molecule has 1 aliphatic rings. The smallest absolute Gasteiger partial charge is 0.254 e. The van der Waals surface area contributed by atoms with Gasteiger partial charge >= 0.3 is 0 Å². The van der Waals surface area contributed by atoms with Crippen LogP contribution in [0.1, 0.15) is 47.8 Å². The topological polar surface area (TPSA) is 95.5 Å². The molecule has 1 atom stereocenters. The lowest BCUT2D eigenvalue weighted by Gasteiger charge is -2.19. The minimum Gasteiger partial charge on any atom is -0.350 e. The Kier molecular flexibility index (Phi) is 6.72. The summed E-state index contributed by atoms with van der Waals surface area (Å²) in [6.45, 7) is 4.49. The summed E-state index contributed by atoms with van der Waals surface area (Å²) in [6.07, 6.45) is 2.15. The van der Waals surface area contributed by atoms with Gasteiger partial charge < -0.3 is 10.2 Å². The maximum Gasteiger partial charge on any atom is 0.254 e. The first kappa shape index (κ1) is 22.2. The molecular weight excluding hydrogens is 402 g/mol. The van der Waals surface area contributed by atoms with Crippen LogP contribution < -0.4 is 10.2 Å². The fourth-order valence-corrected chi connectivity index (χ4v) is 5.09. The number of carbonyl (C=O) groups is 1. The molecule has 30 heavy (non-hydrogen) atoms. The number of amides is 1. The minimum atomic E-state index is -3.45. The van der Waals surface area contributed by atoms with Crippen LogP contribution in [-0.2, 0) is 15.8 Å². The highest BCUT2D eigenvalue weighted by molar-refractivity contribution is 7.88. The van der Waals surface area contributed by atoms with E-state index in [1.165, 1.54) is 10.5 Å². The van der Waals surface area contributed by atoms with E-state index in [0.29, 0.717) is 36.7 Å². The van der Waals surface area contributed by atoms with Crippen LogP contribution in [0.15, 0.2) is 36.5 Å². The van der Waals surface area contributed by atoms with Crippen LogP contribution in [0.3, 0.4) is 0 Å². The number of benzene rings is 1. The van der Waals surface area contributed by atoms with Crippen molar-refractivity contribution in [3.63, 3.8) is 0 Å². The number of hydrogen-bond acceptors (Lipinski definition) is 6. The molecule has 8 nitrogen and oxygen atoms in total. The van der Waals surface area contributed by atoms with Crippen molar-refractivity contribution >= 4 is 21.9 Å². The molecule has 3 rings (SSSR count). The highest BCUT2D eigenvalue weighted by atomic mass is 32.2. The predicted molar refractivity (Wildman–Crippen MR) is 117 cm³/mol. The quantitative estimate of drug-likeness (QED) is 0.720. The number of nitrogens with zero attached hydrogens (tertiary/aromatic N) is 4. The van der Waals surface area contributed by atoms with Crippen molar-refractivity contribution in [1.29, 1.82) is 0 Å². The zero-order valence-corrected chi connectivity index (χ0v) is 18.7.